The lowest BCUT2D eigenvalue weighted by Crippen LogP contribution is -2.48. The number of hydrogen-bond acceptors (Lipinski definition) is 3. The maximum atomic E-state index is 14.0. The first kappa shape index (κ1) is 14.4. The Balaban J connectivity index is 1.88. The fraction of sp³-hybridized carbons (Fsp3) is 0.533. The van der Waals surface area contributed by atoms with Gasteiger partial charge in [-0.1, -0.05) is 0 Å². The molecule has 3 rings (SSSR count). The molecule has 6 heteroatoms. The number of amides is 1. The summed E-state index contributed by atoms with van der Waals surface area (Å²) >= 11 is 0. The summed E-state index contributed by atoms with van der Waals surface area (Å²) in [4.78, 5) is 16.1. The van der Waals surface area contributed by atoms with Crippen LogP contribution >= 0.6 is 0 Å². The number of halogens is 2. The number of rotatable bonds is 2. The van der Waals surface area contributed by atoms with Gasteiger partial charge in [0.2, 0.25) is 5.91 Å². The molecular formula is C15H19F2N3O. The van der Waals surface area contributed by atoms with Crippen molar-refractivity contribution in [1.29, 1.82) is 0 Å². The lowest BCUT2D eigenvalue weighted by atomic mass is 10.0. The largest absolute Gasteiger partial charge is 0.317 e. The Bertz CT molecular complexity index is 552. The number of benzene rings is 1. The molecule has 1 aromatic carbocycles. The number of nitrogens with one attached hydrogen (secondary N) is 1. The van der Waals surface area contributed by atoms with Crippen LogP contribution in [-0.2, 0) is 4.79 Å². The van der Waals surface area contributed by atoms with E-state index in [1.54, 1.807) is 4.90 Å². The van der Waals surface area contributed by atoms with E-state index in [-0.39, 0.29) is 18.5 Å². The second kappa shape index (κ2) is 5.69. The molecular weight excluding hydrogens is 276 g/mol. The molecule has 0 bridgehead atoms. The van der Waals surface area contributed by atoms with Gasteiger partial charge >= 0.3 is 0 Å². The number of likely N-dealkylation sites (N-methyl/N-ethyl adjacent to an activating group) is 1. The van der Waals surface area contributed by atoms with E-state index in [9.17, 15) is 13.6 Å². The lowest BCUT2D eigenvalue weighted by Gasteiger charge is -2.38. The number of hydrogen-bond donors (Lipinski definition) is 1. The van der Waals surface area contributed by atoms with Crippen molar-refractivity contribution in [3.63, 3.8) is 0 Å². The Morgan fingerprint density at radius 1 is 1.33 bits per heavy atom. The molecule has 2 aliphatic rings. The molecule has 2 atom stereocenters. The number of nitrogens with zero attached hydrogens (tertiary/aromatic N) is 2. The Labute approximate surface area is 122 Å². The first-order valence-corrected chi connectivity index (χ1v) is 7.24. The maximum Gasteiger partial charge on any atom is 0.238 e. The van der Waals surface area contributed by atoms with Crippen molar-refractivity contribution in [2.75, 3.05) is 26.7 Å². The SMILES string of the molecule is CN1CCCC(N2C(=O)CNC2c2ccc(F)cc2F)C1. The van der Waals surface area contributed by atoms with Crippen LogP contribution in [0, 0.1) is 11.6 Å². The summed E-state index contributed by atoms with van der Waals surface area (Å²) in [5.74, 6) is -1.25. The molecule has 2 unspecified atom stereocenters. The van der Waals surface area contributed by atoms with E-state index in [0.29, 0.717) is 5.56 Å². The van der Waals surface area contributed by atoms with Gasteiger partial charge in [-0.3, -0.25) is 10.1 Å². The summed E-state index contributed by atoms with van der Waals surface area (Å²) in [6.45, 7) is 2.00. The molecule has 0 spiro atoms. The quantitative estimate of drug-likeness (QED) is 0.898. The minimum absolute atomic E-state index is 0.0241. The third kappa shape index (κ3) is 2.78. The van der Waals surface area contributed by atoms with E-state index in [2.05, 4.69) is 10.2 Å². The number of likely N-dealkylation sites (tertiary alicyclic amines) is 1. The fourth-order valence-electron chi connectivity index (χ4n) is 3.28. The Morgan fingerprint density at radius 3 is 2.86 bits per heavy atom. The first-order chi connectivity index (χ1) is 10.1. The predicted octanol–water partition coefficient (Wildman–Crippen LogP) is 1.49. The highest BCUT2D eigenvalue weighted by Gasteiger charge is 2.39. The molecule has 0 aromatic heterocycles. The standard InChI is InChI=1S/C15H19F2N3O/c1-19-6-2-3-11(9-19)20-14(21)8-18-15(20)12-5-4-10(16)7-13(12)17/h4-5,7,11,15,18H,2-3,6,8-9H2,1H3. The maximum absolute atomic E-state index is 14.0. The topological polar surface area (TPSA) is 35.6 Å². The summed E-state index contributed by atoms with van der Waals surface area (Å²) < 4.78 is 27.1. The molecule has 114 valence electrons. The van der Waals surface area contributed by atoms with E-state index in [4.69, 9.17) is 0 Å². The molecule has 2 aliphatic heterocycles. The minimum Gasteiger partial charge on any atom is -0.317 e. The molecule has 2 fully saturated rings. The van der Waals surface area contributed by atoms with Gasteiger partial charge in [0.15, 0.2) is 0 Å². The number of carbonyl (C=O) groups is 1. The third-order valence-corrected chi connectivity index (χ3v) is 4.26. The van der Waals surface area contributed by atoms with E-state index < -0.39 is 17.8 Å². The second-order valence-corrected chi connectivity index (χ2v) is 5.81. The monoisotopic (exact) mass is 295 g/mol. The van der Waals surface area contributed by atoms with Gasteiger partial charge in [-0.2, -0.15) is 0 Å². The molecule has 4 nitrogen and oxygen atoms in total. The van der Waals surface area contributed by atoms with Crippen molar-refractivity contribution >= 4 is 5.91 Å². The van der Waals surface area contributed by atoms with Gasteiger partial charge in [0.1, 0.15) is 17.8 Å². The normalized spacial score (nSPS) is 27.4. The lowest BCUT2D eigenvalue weighted by molar-refractivity contribution is -0.131. The minimum atomic E-state index is -0.614. The van der Waals surface area contributed by atoms with Gasteiger partial charge in [-0.25, -0.2) is 8.78 Å². The molecule has 2 saturated heterocycles. The smallest absolute Gasteiger partial charge is 0.238 e. The van der Waals surface area contributed by atoms with E-state index in [0.717, 1.165) is 32.0 Å². The molecule has 0 aliphatic carbocycles. The summed E-state index contributed by atoms with van der Waals surface area (Å²) in [7, 11) is 2.02. The number of piperidine rings is 1. The van der Waals surface area contributed by atoms with Crippen LogP contribution in [0.1, 0.15) is 24.6 Å². The zero-order chi connectivity index (χ0) is 15.0. The van der Waals surface area contributed by atoms with Gasteiger partial charge < -0.3 is 9.80 Å². The Morgan fingerprint density at radius 2 is 2.14 bits per heavy atom. The summed E-state index contributed by atoms with van der Waals surface area (Å²) in [6, 6.07) is 3.58. The van der Waals surface area contributed by atoms with Crippen molar-refractivity contribution in [3.8, 4) is 0 Å². The van der Waals surface area contributed by atoms with Gasteiger partial charge in [-0.05, 0) is 38.6 Å². The van der Waals surface area contributed by atoms with Crippen molar-refractivity contribution in [1.82, 2.24) is 15.1 Å². The first-order valence-electron chi connectivity index (χ1n) is 7.24. The Kier molecular flexibility index (Phi) is 3.91. The predicted molar refractivity (Wildman–Crippen MR) is 74.5 cm³/mol. The fourth-order valence-corrected chi connectivity index (χ4v) is 3.28. The highest BCUT2D eigenvalue weighted by Crippen LogP contribution is 2.30. The van der Waals surface area contributed by atoms with Crippen molar-refractivity contribution in [2.45, 2.75) is 25.0 Å². The van der Waals surface area contributed by atoms with E-state index in [1.165, 1.54) is 12.1 Å². The van der Waals surface area contributed by atoms with Crippen molar-refractivity contribution < 1.29 is 13.6 Å². The molecule has 1 aromatic rings. The highest BCUT2D eigenvalue weighted by molar-refractivity contribution is 5.81. The van der Waals surface area contributed by atoms with Gasteiger partial charge in [0.25, 0.3) is 0 Å². The molecule has 21 heavy (non-hydrogen) atoms. The second-order valence-electron chi connectivity index (χ2n) is 5.81. The van der Waals surface area contributed by atoms with Crippen LogP contribution in [0.5, 0.6) is 0 Å². The Hall–Kier alpha value is -1.53. The van der Waals surface area contributed by atoms with Crippen LogP contribution < -0.4 is 5.32 Å². The van der Waals surface area contributed by atoms with Crippen molar-refractivity contribution in [3.05, 3.63) is 35.4 Å². The zero-order valence-electron chi connectivity index (χ0n) is 12.0. The number of carbonyl (C=O) groups excluding carboxylic acids is 1. The van der Waals surface area contributed by atoms with E-state index in [1.807, 2.05) is 7.05 Å². The third-order valence-electron chi connectivity index (χ3n) is 4.26. The van der Waals surface area contributed by atoms with Gasteiger partial charge in [0.05, 0.1) is 6.54 Å². The molecule has 1 amide bonds. The zero-order valence-corrected chi connectivity index (χ0v) is 12.0. The summed E-state index contributed by atoms with van der Waals surface area (Å²) in [5, 5.41) is 3.04. The highest BCUT2D eigenvalue weighted by atomic mass is 19.1. The van der Waals surface area contributed by atoms with Crippen LogP contribution in [0.4, 0.5) is 8.78 Å². The van der Waals surface area contributed by atoms with E-state index >= 15 is 0 Å². The van der Waals surface area contributed by atoms with Crippen LogP contribution in [0.25, 0.3) is 0 Å². The molecule has 2 heterocycles. The summed E-state index contributed by atoms with van der Waals surface area (Å²) in [5.41, 5.74) is 0.329. The van der Waals surface area contributed by atoms with Crippen LogP contribution in [0.3, 0.4) is 0 Å². The molecule has 0 radical (unpaired) electrons. The van der Waals surface area contributed by atoms with Gasteiger partial charge in [0, 0.05) is 24.2 Å². The average molecular weight is 295 g/mol. The van der Waals surface area contributed by atoms with Gasteiger partial charge in [-0.15, -0.1) is 0 Å². The average Bonchev–Trinajstić information content (AvgIpc) is 2.80. The van der Waals surface area contributed by atoms with Crippen LogP contribution in [-0.4, -0.2) is 48.4 Å². The van der Waals surface area contributed by atoms with Crippen molar-refractivity contribution in [2.24, 2.45) is 0 Å². The molecule has 1 N–H and O–H groups in total. The summed E-state index contributed by atoms with van der Waals surface area (Å²) in [6.07, 6.45) is 1.43. The molecule has 0 saturated carbocycles. The van der Waals surface area contributed by atoms with Crippen LogP contribution in [0.15, 0.2) is 18.2 Å². The van der Waals surface area contributed by atoms with Crippen LogP contribution in [0.2, 0.25) is 0 Å².